The largest absolute Gasteiger partial charge is 0.481 e. The third kappa shape index (κ3) is 3.94. The van der Waals surface area contributed by atoms with Crippen LogP contribution in [0.25, 0.3) is 0 Å². The van der Waals surface area contributed by atoms with Crippen LogP contribution in [0.3, 0.4) is 0 Å². The molecule has 0 aromatic heterocycles. The van der Waals surface area contributed by atoms with Gasteiger partial charge in [0.2, 0.25) is 0 Å². The van der Waals surface area contributed by atoms with Crippen molar-refractivity contribution in [2.45, 2.75) is 13.8 Å². The van der Waals surface area contributed by atoms with Gasteiger partial charge in [0.15, 0.2) is 0 Å². The highest BCUT2D eigenvalue weighted by atomic mass is 32.2. The maximum absolute atomic E-state index is 10.3. The minimum absolute atomic E-state index is 0.769. The number of rotatable bonds is 3. The summed E-state index contributed by atoms with van der Waals surface area (Å²) in [6.45, 7) is 2.45. The van der Waals surface area contributed by atoms with E-state index < -0.39 is 27.3 Å². The van der Waals surface area contributed by atoms with E-state index in [0.717, 1.165) is 0 Å². The Bertz CT molecular complexity index is 250. The molecule has 0 bridgehead atoms. The molecule has 0 aliphatic carbocycles. The van der Waals surface area contributed by atoms with E-state index in [0.29, 0.717) is 0 Å². The van der Waals surface area contributed by atoms with Crippen LogP contribution < -0.4 is 0 Å². The molecule has 0 amide bonds. The summed E-state index contributed by atoms with van der Waals surface area (Å²) in [7, 11) is -4.21. The van der Waals surface area contributed by atoms with Crippen molar-refractivity contribution >= 4 is 16.1 Å². The van der Waals surface area contributed by atoms with Gasteiger partial charge in [-0.3, -0.25) is 9.35 Å². The van der Waals surface area contributed by atoms with Crippen molar-refractivity contribution in [3.63, 3.8) is 0 Å². The Morgan fingerprint density at radius 1 is 1.45 bits per heavy atom. The van der Waals surface area contributed by atoms with Crippen molar-refractivity contribution in [2.75, 3.05) is 5.75 Å². The number of aliphatic carboxylic acids is 1. The highest BCUT2D eigenvalue weighted by molar-refractivity contribution is 7.85. The standard InChI is InChI=1S/C5H10O5S/c1-5(2,4(6)7)3-11(8,9)10/h3H2,1-2H3,(H,6,7)(H,8,9,10). The molecular formula is C5H10O5S. The van der Waals surface area contributed by atoms with E-state index in [9.17, 15) is 13.2 Å². The average Bonchev–Trinajstić information content (AvgIpc) is 1.56. The van der Waals surface area contributed by atoms with E-state index in [-0.39, 0.29) is 0 Å². The molecule has 6 heteroatoms. The van der Waals surface area contributed by atoms with Gasteiger partial charge >= 0.3 is 5.97 Å². The molecule has 0 aliphatic heterocycles. The van der Waals surface area contributed by atoms with E-state index >= 15 is 0 Å². The SMILES string of the molecule is CC(C)(CS(=O)(=O)O)C(=O)O. The van der Waals surface area contributed by atoms with Crippen molar-refractivity contribution in [1.29, 1.82) is 0 Å². The third-order valence-electron chi connectivity index (χ3n) is 1.12. The smallest absolute Gasteiger partial charge is 0.310 e. The van der Waals surface area contributed by atoms with Crippen molar-refractivity contribution < 1.29 is 22.9 Å². The van der Waals surface area contributed by atoms with Crippen molar-refractivity contribution in [3.8, 4) is 0 Å². The quantitative estimate of drug-likeness (QED) is 0.599. The Labute approximate surface area is 64.8 Å². The molecule has 0 atom stereocenters. The van der Waals surface area contributed by atoms with Crippen LogP contribution in [0.1, 0.15) is 13.8 Å². The molecule has 0 aromatic carbocycles. The van der Waals surface area contributed by atoms with Gasteiger partial charge in [-0.15, -0.1) is 0 Å². The molecule has 0 heterocycles. The highest BCUT2D eigenvalue weighted by Crippen LogP contribution is 2.16. The Morgan fingerprint density at radius 2 is 1.82 bits per heavy atom. The van der Waals surface area contributed by atoms with Crippen LogP contribution in [0.5, 0.6) is 0 Å². The molecule has 66 valence electrons. The Hall–Kier alpha value is -0.620. The number of carbonyl (C=O) groups is 1. The molecule has 0 spiro atoms. The van der Waals surface area contributed by atoms with Gasteiger partial charge in [-0.2, -0.15) is 8.42 Å². The van der Waals surface area contributed by atoms with Crippen LogP contribution in [-0.2, 0) is 14.9 Å². The number of hydrogen-bond acceptors (Lipinski definition) is 3. The van der Waals surface area contributed by atoms with Crippen LogP contribution in [0.4, 0.5) is 0 Å². The van der Waals surface area contributed by atoms with Gasteiger partial charge in [0, 0.05) is 0 Å². The minimum atomic E-state index is -4.21. The molecular weight excluding hydrogens is 172 g/mol. The van der Waals surface area contributed by atoms with E-state index in [2.05, 4.69) is 0 Å². The molecule has 0 unspecified atom stereocenters. The summed E-state index contributed by atoms with van der Waals surface area (Å²) < 4.78 is 28.8. The van der Waals surface area contributed by atoms with Gasteiger partial charge in [-0.25, -0.2) is 0 Å². The highest BCUT2D eigenvalue weighted by Gasteiger charge is 2.32. The maximum atomic E-state index is 10.3. The summed E-state index contributed by atoms with van der Waals surface area (Å²) in [5.41, 5.74) is -1.44. The zero-order valence-electron chi connectivity index (χ0n) is 6.23. The lowest BCUT2D eigenvalue weighted by Gasteiger charge is -2.15. The first kappa shape index (κ1) is 10.4. The molecule has 5 nitrogen and oxygen atoms in total. The number of hydrogen-bond donors (Lipinski definition) is 2. The van der Waals surface area contributed by atoms with E-state index in [4.69, 9.17) is 9.66 Å². The van der Waals surface area contributed by atoms with E-state index in [1.165, 1.54) is 13.8 Å². The molecule has 0 saturated carbocycles. The van der Waals surface area contributed by atoms with Crippen LogP contribution in [-0.4, -0.2) is 29.8 Å². The molecule has 0 aliphatic rings. The first-order valence-corrected chi connectivity index (χ1v) is 4.45. The van der Waals surface area contributed by atoms with Crippen LogP contribution >= 0.6 is 0 Å². The van der Waals surface area contributed by atoms with Gasteiger partial charge in [0.05, 0.1) is 11.2 Å². The average molecular weight is 182 g/mol. The van der Waals surface area contributed by atoms with Crippen molar-refractivity contribution in [1.82, 2.24) is 0 Å². The molecule has 0 saturated heterocycles. The summed E-state index contributed by atoms with van der Waals surface area (Å²) in [5, 5.41) is 8.43. The summed E-state index contributed by atoms with van der Waals surface area (Å²) in [6, 6.07) is 0. The molecule has 0 fully saturated rings. The second kappa shape index (κ2) is 2.78. The fourth-order valence-electron chi connectivity index (χ4n) is 0.518. The monoisotopic (exact) mass is 182 g/mol. The third-order valence-corrected chi connectivity index (χ3v) is 2.21. The molecule has 0 rings (SSSR count). The van der Waals surface area contributed by atoms with Gasteiger partial charge < -0.3 is 5.11 Å². The van der Waals surface area contributed by atoms with E-state index in [1.807, 2.05) is 0 Å². The maximum Gasteiger partial charge on any atom is 0.310 e. The Morgan fingerprint density at radius 3 is 1.91 bits per heavy atom. The zero-order valence-corrected chi connectivity index (χ0v) is 7.05. The van der Waals surface area contributed by atoms with Gasteiger partial charge in [-0.05, 0) is 13.8 Å². The molecule has 0 radical (unpaired) electrons. The first-order chi connectivity index (χ1) is 4.65. The fraction of sp³-hybridized carbons (Fsp3) is 0.800. The summed E-state index contributed by atoms with van der Waals surface area (Å²) in [5.74, 6) is -2.02. The predicted molar refractivity (Wildman–Crippen MR) is 37.8 cm³/mol. The lowest BCUT2D eigenvalue weighted by Crippen LogP contribution is -2.31. The summed E-state index contributed by atoms with van der Waals surface area (Å²) in [4.78, 5) is 10.3. The number of carboxylic acids is 1. The normalized spacial score (nSPS) is 13.0. The molecule has 0 aromatic rings. The van der Waals surface area contributed by atoms with Gasteiger partial charge in [0.25, 0.3) is 10.1 Å². The summed E-state index contributed by atoms with van der Waals surface area (Å²) in [6.07, 6.45) is 0. The fourth-order valence-corrected chi connectivity index (χ4v) is 1.55. The van der Waals surface area contributed by atoms with Gasteiger partial charge in [0.1, 0.15) is 0 Å². The van der Waals surface area contributed by atoms with Crippen molar-refractivity contribution in [3.05, 3.63) is 0 Å². The topological polar surface area (TPSA) is 91.7 Å². The lowest BCUT2D eigenvalue weighted by atomic mass is 9.97. The molecule has 2 N–H and O–H groups in total. The van der Waals surface area contributed by atoms with E-state index in [1.54, 1.807) is 0 Å². The van der Waals surface area contributed by atoms with Gasteiger partial charge in [-0.1, -0.05) is 0 Å². The first-order valence-electron chi connectivity index (χ1n) is 2.84. The van der Waals surface area contributed by atoms with Crippen LogP contribution in [0.15, 0.2) is 0 Å². The Kier molecular flexibility index (Phi) is 2.63. The zero-order chi connectivity index (χ0) is 9.28. The minimum Gasteiger partial charge on any atom is -0.481 e. The summed E-state index contributed by atoms with van der Waals surface area (Å²) >= 11 is 0. The van der Waals surface area contributed by atoms with Crippen LogP contribution in [0.2, 0.25) is 0 Å². The van der Waals surface area contributed by atoms with Crippen LogP contribution in [0, 0.1) is 5.41 Å². The Balaban J connectivity index is 4.51. The second-order valence-corrected chi connectivity index (χ2v) is 4.37. The van der Waals surface area contributed by atoms with Crippen molar-refractivity contribution in [2.24, 2.45) is 5.41 Å². The number of carboxylic acid groups (broad SMARTS) is 1. The predicted octanol–water partition coefficient (Wildman–Crippen LogP) is -0.0150. The molecule has 11 heavy (non-hydrogen) atoms. The second-order valence-electron chi connectivity index (χ2n) is 2.92. The lowest BCUT2D eigenvalue weighted by molar-refractivity contribution is -0.145.